The Labute approximate surface area is 224 Å². The first-order chi connectivity index (χ1) is 18.3. The number of amides is 1. The molecule has 1 fully saturated rings. The van der Waals surface area contributed by atoms with Gasteiger partial charge in [-0.25, -0.2) is 4.98 Å². The zero-order chi connectivity index (χ0) is 27.7. The van der Waals surface area contributed by atoms with Gasteiger partial charge in [0.15, 0.2) is 22.6 Å². The molecule has 0 aliphatic carbocycles. The fourth-order valence-electron chi connectivity index (χ4n) is 4.93. The zero-order valence-electron chi connectivity index (χ0n) is 23.0. The van der Waals surface area contributed by atoms with Crippen LogP contribution in [0.4, 0.5) is 10.2 Å². The predicted molar refractivity (Wildman–Crippen MR) is 142 cm³/mol. The van der Waals surface area contributed by atoms with Crippen molar-refractivity contribution in [2.75, 3.05) is 11.9 Å². The SMILES string of the molecule is C#C[C@]1(COC(=O)C(CCC)CCC)O[C@@H](n2cnc3c(NC(=O)CCCCCC)nc(F)nc32)C[C@@H]1C. The molecule has 9 nitrogen and oxygen atoms in total. The number of rotatable bonds is 14. The molecule has 3 heterocycles. The highest BCUT2D eigenvalue weighted by Gasteiger charge is 2.47. The maximum absolute atomic E-state index is 14.4. The highest BCUT2D eigenvalue weighted by Crippen LogP contribution is 2.42. The molecule has 0 spiro atoms. The molecule has 0 unspecified atom stereocenters. The number of imidazole rings is 1. The Morgan fingerprint density at radius 3 is 2.63 bits per heavy atom. The molecule has 0 radical (unpaired) electrons. The fourth-order valence-corrected chi connectivity index (χ4v) is 4.93. The molecular weight excluding hydrogens is 489 g/mol. The smallest absolute Gasteiger partial charge is 0.312 e. The van der Waals surface area contributed by atoms with Crippen molar-refractivity contribution in [1.82, 2.24) is 19.5 Å². The molecule has 38 heavy (non-hydrogen) atoms. The molecule has 0 bridgehead atoms. The normalized spacial score (nSPS) is 21.1. The van der Waals surface area contributed by atoms with E-state index in [-0.39, 0.29) is 47.3 Å². The molecule has 1 aliphatic rings. The highest BCUT2D eigenvalue weighted by atomic mass is 19.1. The second-order valence-corrected chi connectivity index (χ2v) is 10.1. The summed E-state index contributed by atoms with van der Waals surface area (Å²) in [4.78, 5) is 37.2. The lowest BCUT2D eigenvalue weighted by Crippen LogP contribution is -2.39. The van der Waals surface area contributed by atoms with E-state index >= 15 is 0 Å². The van der Waals surface area contributed by atoms with E-state index in [9.17, 15) is 14.0 Å². The van der Waals surface area contributed by atoms with Crippen molar-refractivity contribution in [3.8, 4) is 12.3 Å². The number of hydrogen-bond acceptors (Lipinski definition) is 7. The van der Waals surface area contributed by atoms with Gasteiger partial charge in [-0.2, -0.15) is 14.4 Å². The lowest BCUT2D eigenvalue weighted by atomic mass is 9.90. The monoisotopic (exact) mass is 529 g/mol. The molecule has 1 amide bonds. The lowest BCUT2D eigenvalue weighted by molar-refractivity contribution is -0.159. The van der Waals surface area contributed by atoms with Crippen LogP contribution in [0.25, 0.3) is 11.2 Å². The van der Waals surface area contributed by atoms with Crippen molar-refractivity contribution >= 4 is 28.9 Å². The average molecular weight is 530 g/mol. The van der Waals surface area contributed by atoms with Gasteiger partial charge in [0, 0.05) is 12.3 Å². The number of halogens is 1. The number of aromatic nitrogens is 4. The van der Waals surface area contributed by atoms with Crippen LogP contribution in [-0.2, 0) is 19.1 Å². The van der Waals surface area contributed by atoms with Gasteiger partial charge in [0.2, 0.25) is 5.91 Å². The first-order valence-electron chi connectivity index (χ1n) is 13.8. The van der Waals surface area contributed by atoms with Gasteiger partial charge in [-0.05, 0) is 25.7 Å². The van der Waals surface area contributed by atoms with E-state index in [1.807, 2.05) is 20.8 Å². The van der Waals surface area contributed by atoms with Crippen LogP contribution < -0.4 is 5.32 Å². The molecule has 0 aromatic carbocycles. The third-order valence-electron chi connectivity index (χ3n) is 7.20. The van der Waals surface area contributed by atoms with Crippen LogP contribution in [0.3, 0.4) is 0 Å². The van der Waals surface area contributed by atoms with Gasteiger partial charge in [-0.3, -0.25) is 14.2 Å². The number of nitrogens with one attached hydrogen (secondary N) is 1. The van der Waals surface area contributed by atoms with Gasteiger partial charge in [0.1, 0.15) is 12.8 Å². The topological polar surface area (TPSA) is 108 Å². The summed E-state index contributed by atoms with van der Waals surface area (Å²) >= 11 is 0. The number of anilines is 1. The number of nitrogens with zero attached hydrogens (tertiary/aromatic N) is 4. The average Bonchev–Trinajstić information content (AvgIpc) is 3.46. The molecular formula is C28H40FN5O4. The maximum Gasteiger partial charge on any atom is 0.312 e. The minimum atomic E-state index is -1.14. The summed E-state index contributed by atoms with van der Waals surface area (Å²) in [5.74, 6) is 1.89. The summed E-state index contributed by atoms with van der Waals surface area (Å²) < 4.78 is 28.0. The number of carbonyl (C=O) groups is 2. The lowest BCUT2D eigenvalue weighted by Gasteiger charge is -2.28. The van der Waals surface area contributed by atoms with E-state index in [0.717, 1.165) is 51.4 Å². The van der Waals surface area contributed by atoms with Gasteiger partial charge in [0.05, 0.1) is 12.2 Å². The van der Waals surface area contributed by atoms with Crippen molar-refractivity contribution in [2.24, 2.45) is 11.8 Å². The van der Waals surface area contributed by atoms with Gasteiger partial charge in [0.25, 0.3) is 0 Å². The molecule has 2 aromatic heterocycles. The minimum Gasteiger partial charge on any atom is -0.461 e. The fraction of sp³-hybridized carbons (Fsp3) is 0.679. The van der Waals surface area contributed by atoms with E-state index in [2.05, 4.69) is 33.1 Å². The molecule has 208 valence electrons. The van der Waals surface area contributed by atoms with Gasteiger partial charge in [-0.1, -0.05) is 65.7 Å². The van der Waals surface area contributed by atoms with E-state index in [4.69, 9.17) is 15.9 Å². The number of carbonyl (C=O) groups excluding carboxylic acids is 2. The predicted octanol–water partition coefficient (Wildman–Crippen LogP) is 5.56. The number of fused-ring (bicyclic) bond motifs is 1. The Balaban J connectivity index is 1.76. The minimum absolute atomic E-state index is 0.0211. The molecule has 2 aromatic rings. The van der Waals surface area contributed by atoms with Crippen LogP contribution in [0.2, 0.25) is 0 Å². The molecule has 3 atom stereocenters. The van der Waals surface area contributed by atoms with Crippen molar-refractivity contribution in [1.29, 1.82) is 0 Å². The zero-order valence-corrected chi connectivity index (χ0v) is 23.0. The second kappa shape index (κ2) is 13.7. The molecule has 3 rings (SSSR count). The van der Waals surface area contributed by atoms with Gasteiger partial charge in [-0.15, -0.1) is 6.42 Å². The van der Waals surface area contributed by atoms with Crippen LogP contribution in [0, 0.1) is 30.3 Å². The molecule has 1 N–H and O–H groups in total. The standard InChI is InChI=1S/C28H40FN5O4/c1-6-10-11-12-15-21(35)31-24-23-25(33-27(29)32-24)34(18-30-23)22-16-19(5)28(9-4,38-22)17-37-26(36)20(13-7-2)14-8-3/h4,18-20,22H,6-8,10-17H2,1-3,5H3,(H,31,32,33,35)/t19-,22+,28+/m0/s1. The molecule has 1 aliphatic heterocycles. The Kier molecular flexibility index (Phi) is 10.6. The Morgan fingerprint density at radius 2 is 1.97 bits per heavy atom. The van der Waals surface area contributed by atoms with Crippen molar-refractivity contribution in [3.05, 3.63) is 12.4 Å². The third-order valence-corrected chi connectivity index (χ3v) is 7.20. The summed E-state index contributed by atoms with van der Waals surface area (Å²) in [6.45, 7) is 8.04. The molecule has 1 saturated heterocycles. The molecule has 0 saturated carbocycles. The number of ether oxygens (including phenoxy) is 2. The summed E-state index contributed by atoms with van der Waals surface area (Å²) in [5, 5.41) is 2.67. The van der Waals surface area contributed by atoms with Crippen LogP contribution >= 0.6 is 0 Å². The van der Waals surface area contributed by atoms with Crippen molar-refractivity contribution in [3.63, 3.8) is 0 Å². The van der Waals surface area contributed by atoms with E-state index in [0.29, 0.717) is 12.8 Å². The quantitative estimate of drug-likeness (QED) is 0.148. The summed E-state index contributed by atoms with van der Waals surface area (Å²) in [6, 6.07) is 0. The summed E-state index contributed by atoms with van der Waals surface area (Å²) in [7, 11) is 0. The van der Waals surface area contributed by atoms with Crippen molar-refractivity contribution in [2.45, 2.75) is 104 Å². The Morgan fingerprint density at radius 1 is 1.24 bits per heavy atom. The summed E-state index contributed by atoms with van der Waals surface area (Å²) in [6.07, 6.45) is 13.7. The van der Waals surface area contributed by atoms with Crippen LogP contribution in [-0.4, -0.2) is 43.6 Å². The second-order valence-electron chi connectivity index (χ2n) is 10.1. The Bertz CT molecular complexity index is 1140. The van der Waals surface area contributed by atoms with E-state index in [1.165, 1.54) is 6.33 Å². The third kappa shape index (κ3) is 6.87. The van der Waals surface area contributed by atoms with Crippen LogP contribution in [0.15, 0.2) is 6.33 Å². The number of esters is 1. The molecule has 10 heteroatoms. The van der Waals surface area contributed by atoms with Crippen molar-refractivity contribution < 1.29 is 23.5 Å². The van der Waals surface area contributed by atoms with Crippen LogP contribution in [0.5, 0.6) is 0 Å². The van der Waals surface area contributed by atoms with Gasteiger partial charge < -0.3 is 14.8 Å². The largest absolute Gasteiger partial charge is 0.461 e. The van der Waals surface area contributed by atoms with E-state index < -0.39 is 17.9 Å². The number of unbranched alkanes of at least 4 members (excludes halogenated alkanes) is 3. The first-order valence-corrected chi connectivity index (χ1v) is 13.8. The highest BCUT2D eigenvalue weighted by molar-refractivity contribution is 5.96. The van der Waals surface area contributed by atoms with Crippen LogP contribution in [0.1, 0.15) is 98.1 Å². The first kappa shape index (κ1) is 29.5. The van der Waals surface area contributed by atoms with E-state index in [1.54, 1.807) is 4.57 Å². The number of terminal acetylenes is 1. The van der Waals surface area contributed by atoms with Gasteiger partial charge >= 0.3 is 12.0 Å². The maximum atomic E-state index is 14.4. The Hall–Kier alpha value is -3.06. The summed E-state index contributed by atoms with van der Waals surface area (Å²) in [5.41, 5.74) is -0.691. The number of hydrogen-bond donors (Lipinski definition) is 1.